The predicted octanol–water partition coefficient (Wildman–Crippen LogP) is 4.15. The first-order chi connectivity index (χ1) is 16.1. The number of carbonyl (C=O) groups is 2. The zero-order valence-corrected chi connectivity index (χ0v) is 18.3. The third-order valence-corrected chi connectivity index (χ3v) is 5.96. The van der Waals surface area contributed by atoms with Crippen molar-refractivity contribution >= 4 is 11.8 Å². The molecule has 5 nitrogen and oxygen atoms in total. The summed E-state index contributed by atoms with van der Waals surface area (Å²) in [7, 11) is 0. The van der Waals surface area contributed by atoms with Gasteiger partial charge in [-0.2, -0.15) is 0 Å². The lowest BCUT2D eigenvalue weighted by molar-refractivity contribution is -0.138. The van der Waals surface area contributed by atoms with Crippen LogP contribution in [0.1, 0.15) is 23.5 Å². The van der Waals surface area contributed by atoms with E-state index in [4.69, 9.17) is 4.74 Å². The molecule has 2 atom stereocenters. The number of likely N-dealkylation sites (tertiary alicyclic amines) is 1. The summed E-state index contributed by atoms with van der Waals surface area (Å²) in [5.74, 6) is -0.423. The monoisotopic (exact) mass is 446 g/mol. The maximum Gasteiger partial charge on any atom is 0.260 e. The molecule has 33 heavy (non-hydrogen) atoms. The molecule has 1 N–H and O–H groups in total. The zero-order chi connectivity index (χ0) is 23.0. The highest BCUT2D eigenvalue weighted by Gasteiger charge is 2.34. The van der Waals surface area contributed by atoms with Crippen LogP contribution in [0, 0.1) is 11.7 Å². The van der Waals surface area contributed by atoms with E-state index in [1.807, 2.05) is 48.5 Å². The summed E-state index contributed by atoms with van der Waals surface area (Å²) in [5, 5.41) is 2.85. The fourth-order valence-electron chi connectivity index (χ4n) is 4.18. The molecule has 170 valence electrons. The zero-order valence-electron chi connectivity index (χ0n) is 18.3. The van der Waals surface area contributed by atoms with Gasteiger partial charge in [0.05, 0.1) is 5.92 Å². The van der Waals surface area contributed by atoms with Crippen LogP contribution in [0.15, 0.2) is 84.9 Å². The van der Waals surface area contributed by atoms with E-state index in [-0.39, 0.29) is 36.7 Å². The molecule has 1 fully saturated rings. The van der Waals surface area contributed by atoms with Crippen LogP contribution in [-0.2, 0) is 16.1 Å². The standard InChI is InChI=1S/C27H27FN2O3/c28-25-14-8-7-11-21(25)16-29-27(32)23-15-22(20-9-3-1-4-10-20)17-30(18-23)26(31)19-33-24-12-5-2-6-13-24/h1-14,22-23H,15-19H2,(H,29,32)/t22-,23-/m0/s1. The smallest absolute Gasteiger partial charge is 0.260 e. The van der Waals surface area contributed by atoms with Gasteiger partial charge in [0.2, 0.25) is 5.91 Å². The fourth-order valence-corrected chi connectivity index (χ4v) is 4.18. The molecule has 0 radical (unpaired) electrons. The van der Waals surface area contributed by atoms with E-state index in [2.05, 4.69) is 5.32 Å². The highest BCUT2D eigenvalue weighted by Crippen LogP contribution is 2.30. The predicted molar refractivity (Wildman–Crippen MR) is 124 cm³/mol. The molecule has 1 heterocycles. The second-order valence-electron chi connectivity index (χ2n) is 8.25. The summed E-state index contributed by atoms with van der Waals surface area (Å²) in [6.45, 7) is 0.861. The van der Waals surface area contributed by atoms with Gasteiger partial charge in [0.1, 0.15) is 11.6 Å². The highest BCUT2D eigenvalue weighted by molar-refractivity contribution is 5.82. The molecular weight excluding hydrogens is 419 g/mol. The summed E-state index contributed by atoms with van der Waals surface area (Å²) in [6, 6.07) is 25.5. The van der Waals surface area contributed by atoms with Crippen LogP contribution in [0.25, 0.3) is 0 Å². The minimum absolute atomic E-state index is 0.0323. The number of carbonyl (C=O) groups excluding carboxylic acids is 2. The molecule has 0 aromatic heterocycles. The van der Waals surface area contributed by atoms with Gasteiger partial charge in [0.15, 0.2) is 6.61 Å². The summed E-state index contributed by atoms with van der Waals surface area (Å²) >= 11 is 0. The molecule has 0 saturated carbocycles. The molecule has 2 amide bonds. The van der Waals surface area contributed by atoms with Crippen LogP contribution in [0.3, 0.4) is 0 Å². The van der Waals surface area contributed by atoms with E-state index in [1.54, 1.807) is 35.2 Å². The molecule has 3 aromatic rings. The van der Waals surface area contributed by atoms with E-state index >= 15 is 0 Å². The Morgan fingerprint density at radius 1 is 0.909 bits per heavy atom. The summed E-state index contributed by atoms with van der Waals surface area (Å²) in [5.41, 5.74) is 1.52. The Hall–Kier alpha value is -3.67. The van der Waals surface area contributed by atoms with E-state index in [0.29, 0.717) is 30.8 Å². The van der Waals surface area contributed by atoms with Crippen molar-refractivity contribution in [3.05, 3.63) is 102 Å². The Kier molecular flexibility index (Phi) is 7.35. The van der Waals surface area contributed by atoms with Gasteiger partial charge in [-0.1, -0.05) is 66.7 Å². The molecule has 1 aliphatic rings. The number of nitrogens with one attached hydrogen (secondary N) is 1. The first-order valence-corrected chi connectivity index (χ1v) is 11.1. The maximum absolute atomic E-state index is 13.9. The van der Waals surface area contributed by atoms with Crippen molar-refractivity contribution in [1.82, 2.24) is 10.2 Å². The van der Waals surface area contributed by atoms with Gasteiger partial charge >= 0.3 is 0 Å². The Morgan fingerprint density at radius 2 is 1.58 bits per heavy atom. The van der Waals surface area contributed by atoms with Crippen molar-refractivity contribution in [2.24, 2.45) is 5.92 Å². The molecule has 6 heteroatoms. The number of rotatable bonds is 7. The third kappa shape index (κ3) is 5.98. The SMILES string of the molecule is O=C(NCc1ccccc1F)[C@H]1C[C@H](c2ccccc2)CN(C(=O)COc2ccccc2)C1. The Bertz CT molecular complexity index is 1070. The molecule has 0 unspecified atom stereocenters. The van der Waals surface area contributed by atoms with Gasteiger partial charge < -0.3 is 15.0 Å². The number of halogens is 1. The van der Waals surface area contributed by atoms with Gasteiger partial charge in [-0.05, 0) is 30.2 Å². The van der Waals surface area contributed by atoms with E-state index in [1.165, 1.54) is 6.07 Å². The molecule has 0 aliphatic carbocycles. The molecule has 1 aliphatic heterocycles. The highest BCUT2D eigenvalue weighted by atomic mass is 19.1. The molecule has 3 aromatic carbocycles. The van der Waals surface area contributed by atoms with Crippen molar-refractivity contribution in [3.63, 3.8) is 0 Å². The van der Waals surface area contributed by atoms with Crippen LogP contribution in [0.4, 0.5) is 4.39 Å². The van der Waals surface area contributed by atoms with Crippen molar-refractivity contribution in [1.29, 1.82) is 0 Å². The van der Waals surface area contributed by atoms with Gasteiger partial charge in [-0.3, -0.25) is 9.59 Å². The Balaban J connectivity index is 1.44. The third-order valence-electron chi connectivity index (χ3n) is 5.96. The first kappa shape index (κ1) is 22.5. The first-order valence-electron chi connectivity index (χ1n) is 11.1. The lowest BCUT2D eigenvalue weighted by Gasteiger charge is -2.37. The molecular formula is C27H27FN2O3. The van der Waals surface area contributed by atoms with Crippen LogP contribution < -0.4 is 10.1 Å². The van der Waals surface area contributed by atoms with Crippen LogP contribution in [0.5, 0.6) is 5.75 Å². The minimum Gasteiger partial charge on any atom is -0.484 e. The van der Waals surface area contributed by atoms with Crippen LogP contribution in [-0.4, -0.2) is 36.4 Å². The second-order valence-corrected chi connectivity index (χ2v) is 8.25. The molecule has 0 bridgehead atoms. The number of hydrogen-bond donors (Lipinski definition) is 1. The number of amides is 2. The van der Waals surface area contributed by atoms with Crippen LogP contribution >= 0.6 is 0 Å². The molecule has 0 spiro atoms. The summed E-state index contributed by atoms with van der Waals surface area (Å²) in [6.07, 6.45) is 0.621. The van der Waals surface area contributed by atoms with Crippen molar-refractivity contribution in [2.45, 2.75) is 18.9 Å². The second kappa shape index (κ2) is 10.8. The lowest BCUT2D eigenvalue weighted by Crippen LogP contribution is -2.49. The summed E-state index contributed by atoms with van der Waals surface area (Å²) in [4.78, 5) is 27.7. The maximum atomic E-state index is 13.9. The largest absolute Gasteiger partial charge is 0.484 e. The van der Waals surface area contributed by atoms with Crippen molar-refractivity contribution < 1.29 is 18.7 Å². The van der Waals surface area contributed by atoms with Crippen molar-refractivity contribution in [3.8, 4) is 5.75 Å². The number of nitrogens with zero attached hydrogens (tertiary/aromatic N) is 1. The lowest BCUT2D eigenvalue weighted by atomic mass is 9.84. The van der Waals surface area contributed by atoms with E-state index in [0.717, 1.165) is 5.56 Å². The number of hydrogen-bond acceptors (Lipinski definition) is 3. The normalized spacial score (nSPS) is 17.9. The van der Waals surface area contributed by atoms with E-state index in [9.17, 15) is 14.0 Å². The average molecular weight is 447 g/mol. The van der Waals surface area contributed by atoms with Gasteiger partial charge in [0, 0.05) is 31.1 Å². The number of para-hydroxylation sites is 1. The molecule has 4 rings (SSSR count). The molecule has 1 saturated heterocycles. The van der Waals surface area contributed by atoms with Gasteiger partial charge in [-0.25, -0.2) is 4.39 Å². The number of benzene rings is 3. The Morgan fingerprint density at radius 3 is 2.30 bits per heavy atom. The van der Waals surface area contributed by atoms with Crippen molar-refractivity contribution in [2.75, 3.05) is 19.7 Å². The van der Waals surface area contributed by atoms with Gasteiger partial charge in [0.25, 0.3) is 5.91 Å². The fraction of sp³-hybridized carbons (Fsp3) is 0.259. The average Bonchev–Trinajstić information content (AvgIpc) is 2.87. The quantitative estimate of drug-likeness (QED) is 0.593. The minimum atomic E-state index is -0.392. The summed E-state index contributed by atoms with van der Waals surface area (Å²) < 4.78 is 19.6. The topological polar surface area (TPSA) is 58.6 Å². The van der Waals surface area contributed by atoms with E-state index < -0.39 is 5.92 Å². The number of ether oxygens (including phenoxy) is 1. The van der Waals surface area contributed by atoms with Crippen LogP contribution in [0.2, 0.25) is 0 Å². The number of piperidine rings is 1. The van der Waals surface area contributed by atoms with Gasteiger partial charge in [-0.15, -0.1) is 0 Å². The Labute approximate surface area is 193 Å².